The first kappa shape index (κ1) is 15.0. The standard InChI is InChI=1S/C17H15N3O3S/c1-3-11-14(21)12-10(16(22)20-17-19-7-8(2)24-17)6-9-4-5-18-13(9)15(12)23-11/h4-7,10-11H,3H2,1-2H3,(H,19,20,22). The number of nitrogens with one attached hydrogen (secondary N) is 1. The molecule has 7 heteroatoms. The van der Waals surface area contributed by atoms with Gasteiger partial charge in [-0.25, -0.2) is 4.98 Å². The van der Waals surface area contributed by atoms with E-state index in [1.807, 2.05) is 19.9 Å². The van der Waals surface area contributed by atoms with E-state index < -0.39 is 12.0 Å². The van der Waals surface area contributed by atoms with Crippen LogP contribution in [0.1, 0.15) is 18.2 Å². The number of rotatable bonds is 3. The minimum absolute atomic E-state index is 0.132. The number of thiazole rings is 1. The van der Waals surface area contributed by atoms with Crippen molar-refractivity contribution < 1.29 is 14.3 Å². The fraction of sp³-hybridized carbons (Fsp3) is 0.294. The van der Waals surface area contributed by atoms with E-state index in [0.717, 1.165) is 10.5 Å². The van der Waals surface area contributed by atoms with Crippen LogP contribution in [0.25, 0.3) is 0 Å². The number of carbonyl (C=O) groups excluding carboxylic acids is 2. The minimum Gasteiger partial charge on any atom is -0.480 e. The average Bonchev–Trinajstić information content (AvgIpc) is 3.25. The number of fused-ring (bicyclic) bond motifs is 2. The molecule has 6 nitrogen and oxygen atoms in total. The number of aliphatic imine (C=N–C) groups is 1. The highest BCUT2D eigenvalue weighted by atomic mass is 32.1. The fourth-order valence-corrected chi connectivity index (χ4v) is 3.69. The first-order valence-corrected chi connectivity index (χ1v) is 8.55. The number of hydrogen-bond acceptors (Lipinski definition) is 6. The third-order valence-corrected chi connectivity index (χ3v) is 5.00. The van der Waals surface area contributed by atoms with Crippen LogP contribution in [0.2, 0.25) is 0 Å². The Labute approximate surface area is 142 Å². The lowest BCUT2D eigenvalue weighted by Gasteiger charge is -2.19. The maximum atomic E-state index is 12.8. The van der Waals surface area contributed by atoms with Gasteiger partial charge in [-0.15, -0.1) is 11.3 Å². The number of carbonyl (C=O) groups is 2. The molecule has 4 rings (SSSR count). The molecule has 3 heterocycles. The van der Waals surface area contributed by atoms with E-state index in [1.54, 1.807) is 18.5 Å². The van der Waals surface area contributed by atoms with E-state index in [4.69, 9.17) is 4.74 Å². The van der Waals surface area contributed by atoms with Gasteiger partial charge in [0, 0.05) is 22.8 Å². The lowest BCUT2D eigenvalue weighted by molar-refractivity contribution is -0.123. The van der Waals surface area contributed by atoms with Crippen LogP contribution in [0.3, 0.4) is 0 Å². The van der Waals surface area contributed by atoms with Crippen LogP contribution >= 0.6 is 11.3 Å². The molecule has 3 aliphatic rings. The van der Waals surface area contributed by atoms with Gasteiger partial charge in [0.2, 0.25) is 11.7 Å². The van der Waals surface area contributed by atoms with E-state index in [2.05, 4.69) is 15.3 Å². The maximum absolute atomic E-state index is 12.8. The molecule has 2 atom stereocenters. The smallest absolute Gasteiger partial charge is 0.237 e. The Kier molecular flexibility index (Phi) is 3.45. The zero-order chi connectivity index (χ0) is 16.8. The minimum atomic E-state index is -0.690. The van der Waals surface area contributed by atoms with Crippen LogP contribution in [0.5, 0.6) is 0 Å². The first-order valence-electron chi connectivity index (χ1n) is 7.73. The van der Waals surface area contributed by atoms with Gasteiger partial charge in [0.1, 0.15) is 5.71 Å². The number of nitrogens with zero attached hydrogens (tertiary/aromatic N) is 2. The van der Waals surface area contributed by atoms with Gasteiger partial charge in [-0.3, -0.25) is 14.6 Å². The summed E-state index contributed by atoms with van der Waals surface area (Å²) in [5.41, 5.74) is 1.86. The van der Waals surface area contributed by atoms with Crippen molar-refractivity contribution in [2.75, 3.05) is 5.32 Å². The largest absolute Gasteiger partial charge is 0.480 e. The Morgan fingerprint density at radius 3 is 3.00 bits per heavy atom. The summed E-state index contributed by atoms with van der Waals surface area (Å²) in [5.74, 6) is -0.653. The van der Waals surface area contributed by atoms with E-state index in [-0.39, 0.29) is 11.7 Å². The molecule has 2 unspecified atom stereocenters. The second-order valence-electron chi connectivity index (χ2n) is 5.78. The van der Waals surface area contributed by atoms with Crippen LogP contribution in [0.4, 0.5) is 5.13 Å². The lowest BCUT2D eigenvalue weighted by atomic mass is 9.84. The number of ketones is 1. The molecule has 1 amide bonds. The predicted octanol–water partition coefficient (Wildman–Crippen LogP) is 2.55. The molecule has 0 aromatic carbocycles. The monoisotopic (exact) mass is 341 g/mol. The Morgan fingerprint density at radius 2 is 2.29 bits per heavy atom. The second-order valence-corrected chi connectivity index (χ2v) is 7.02. The van der Waals surface area contributed by atoms with Crippen molar-refractivity contribution in [3.8, 4) is 0 Å². The van der Waals surface area contributed by atoms with E-state index in [0.29, 0.717) is 28.6 Å². The maximum Gasteiger partial charge on any atom is 0.237 e. The number of allylic oxidation sites excluding steroid dienone is 2. The topological polar surface area (TPSA) is 80.7 Å². The molecule has 0 radical (unpaired) electrons. The van der Waals surface area contributed by atoms with Gasteiger partial charge >= 0.3 is 0 Å². The van der Waals surface area contributed by atoms with E-state index >= 15 is 0 Å². The van der Waals surface area contributed by atoms with Gasteiger partial charge < -0.3 is 10.1 Å². The van der Waals surface area contributed by atoms with Gasteiger partial charge in [-0.2, -0.15) is 0 Å². The zero-order valence-corrected chi connectivity index (χ0v) is 14.0. The van der Waals surface area contributed by atoms with Crippen molar-refractivity contribution in [2.45, 2.75) is 26.4 Å². The van der Waals surface area contributed by atoms with Crippen molar-refractivity contribution in [1.29, 1.82) is 0 Å². The molecular weight excluding hydrogens is 326 g/mol. The molecule has 0 saturated heterocycles. The Balaban J connectivity index is 1.69. The van der Waals surface area contributed by atoms with Gasteiger partial charge in [0.15, 0.2) is 17.0 Å². The molecule has 122 valence electrons. The molecule has 0 saturated carbocycles. The summed E-state index contributed by atoms with van der Waals surface area (Å²) in [4.78, 5) is 34.8. The first-order chi connectivity index (χ1) is 11.6. The van der Waals surface area contributed by atoms with Gasteiger partial charge in [-0.05, 0) is 19.4 Å². The summed E-state index contributed by atoms with van der Waals surface area (Å²) < 4.78 is 5.80. The van der Waals surface area contributed by atoms with E-state index in [9.17, 15) is 9.59 Å². The molecule has 2 aliphatic heterocycles. The summed E-state index contributed by atoms with van der Waals surface area (Å²) in [7, 11) is 0. The van der Waals surface area contributed by atoms with Gasteiger partial charge in [-0.1, -0.05) is 13.0 Å². The number of Topliss-reactive ketones (excluding diaryl/α,β-unsaturated/α-hetero) is 1. The molecule has 0 spiro atoms. The summed E-state index contributed by atoms with van der Waals surface area (Å²) in [5, 5.41) is 3.32. The van der Waals surface area contributed by atoms with Crippen molar-refractivity contribution in [1.82, 2.24) is 4.98 Å². The number of hydrogen-bond donors (Lipinski definition) is 1. The molecule has 1 aromatic heterocycles. The van der Waals surface area contributed by atoms with Crippen molar-refractivity contribution in [3.05, 3.63) is 46.3 Å². The van der Waals surface area contributed by atoms with Crippen LogP contribution in [0.15, 0.2) is 46.4 Å². The Morgan fingerprint density at radius 1 is 1.46 bits per heavy atom. The van der Waals surface area contributed by atoms with Gasteiger partial charge in [0.05, 0.1) is 11.5 Å². The molecule has 24 heavy (non-hydrogen) atoms. The Hall–Kier alpha value is -2.54. The average molecular weight is 341 g/mol. The molecular formula is C17H15N3O3S. The highest BCUT2D eigenvalue weighted by molar-refractivity contribution is 7.15. The van der Waals surface area contributed by atoms with Crippen LogP contribution in [-0.2, 0) is 14.3 Å². The normalized spacial score (nSPS) is 24.3. The fourth-order valence-electron chi connectivity index (χ4n) is 3.03. The molecule has 0 fully saturated rings. The molecule has 1 aliphatic carbocycles. The lowest BCUT2D eigenvalue weighted by Crippen LogP contribution is -2.30. The summed E-state index contributed by atoms with van der Waals surface area (Å²) in [6, 6.07) is 0. The predicted molar refractivity (Wildman–Crippen MR) is 90.8 cm³/mol. The van der Waals surface area contributed by atoms with Crippen LogP contribution in [-0.4, -0.2) is 28.5 Å². The SMILES string of the molecule is CCC1OC2=C(C1=O)C(C(=O)Nc1ncc(C)s1)C=C1C=CN=C12. The molecule has 0 bridgehead atoms. The molecule has 1 N–H and O–H groups in total. The number of aromatic nitrogens is 1. The number of anilines is 1. The van der Waals surface area contributed by atoms with Gasteiger partial charge in [0.25, 0.3) is 0 Å². The van der Waals surface area contributed by atoms with E-state index in [1.165, 1.54) is 11.3 Å². The number of amides is 1. The molecule has 1 aromatic rings. The summed E-state index contributed by atoms with van der Waals surface area (Å²) in [6.45, 7) is 3.81. The zero-order valence-electron chi connectivity index (χ0n) is 13.2. The number of ether oxygens (including phenoxy) is 1. The second kappa shape index (κ2) is 5.52. The quantitative estimate of drug-likeness (QED) is 0.916. The highest BCUT2D eigenvalue weighted by Crippen LogP contribution is 2.39. The van der Waals surface area contributed by atoms with Crippen LogP contribution < -0.4 is 5.32 Å². The number of aryl methyl sites for hydroxylation is 1. The highest BCUT2D eigenvalue weighted by Gasteiger charge is 2.45. The van der Waals surface area contributed by atoms with Crippen molar-refractivity contribution in [2.24, 2.45) is 10.9 Å². The van der Waals surface area contributed by atoms with Crippen molar-refractivity contribution >= 4 is 33.9 Å². The van der Waals surface area contributed by atoms with Crippen LogP contribution in [0, 0.1) is 12.8 Å². The Bertz CT molecular complexity index is 875. The van der Waals surface area contributed by atoms with Crippen molar-refractivity contribution in [3.63, 3.8) is 0 Å². The summed E-state index contributed by atoms with van der Waals surface area (Å²) in [6.07, 6.45) is 6.97. The summed E-state index contributed by atoms with van der Waals surface area (Å²) >= 11 is 1.40. The third kappa shape index (κ3) is 2.24. The third-order valence-electron chi connectivity index (χ3n) is 4.17.